The molecule has 0 aliphatic heterocycles. The first kappa shape index (κ1) is 16.2. The van der Waals surface area contributed by atoms with E-state index in [4.69, 9.17) is 9.84 Å². The van der Waals surface area contributed by atoms with Gasteiger partial charge in [0.25, 0.3) is 0 Å². The number of carboxylic acids is 1. The number of urea groups is 1. The second-order valence-electron chi connectivity index (χ2n) is 3.27. The van der Waals surface area contributed by atoms with Gasteiger partial charge in [-0.15, -0.1) is 0 Å². The highest BCUT2D eigenvalue weighted by Crippen LogP contribution is 1.94. The van der Waals surface area contributed by atoms with Gasteiger partial charge in [0, 0.05) is 13.2 Å². The Balaban J connectivity index is 4.04. The first-order valence-electron chi connectivity index (χ1n) is 5.43. The maximum atomic E-state index is 11.3. The standard InChI is InChI=1S/C10H18N2O6/c1-3-18-5-4-11-10(16)12-7(9(14)15)6-8(13)17-2/h7H,3-6H2,1-2H3,(H,14,15)(H2,11,12,16)/t7-/m0/s1. The van der Waals surface area contributed by atoms with E-state index in [0.717, 1.165) is 7.11 Å². The van der Waals surface area contributed by atoms with Crippen LogP contribution in [0, 0.1) is 0 Å². The van der Waals surface area contributed by atoms with E-state index in [1.807, 2.05) is 6.92 Å². The number of esters is 1. The van der Waals surface area contributed by atoms with Crippen molar-refractivity contribution in [2.75, 3.05) is 26.9 Å². The van der Waals surface area contributed by atoms with Gasteiger partial charge in [-0.25, -0.2) is 9.59 Å². The lowest BCUT2D eigenvalue weighted by molar-refractivity contribution is -0.147. The largest absolute Gasteiger partial charge is 0.480 e. The Morgan fingerprint density at radius 1 is 1.33 bits per heavy atom. The van der Waals surface area contributed by atoms with Crippen molar-refractivity contribution in [1.82, 2.24) is 10.6 Å². The molecule has 2 amide bonds. The predicted molar refractivity (Wildman–Crippen MR) is 61.1 cm³/mol. The van der Waals surface area contributed by atoms with Gasteiger partial charge in [0.15, 0.2) is 0 Å². The molecule has 0 heterocycles. The zero-order valence-corrected chi connectivity index (χ0v) is 10.4. The summed E-state index contributed by atoms with van der Waals surface area (Å²) in [6.07, 6.45) is -0.426. The number of hydrogen-bond donors (Lipinski definition) is 3. The van der Waals surface area contributed by atoms with E-state index in [1.165, 1.54) is 0 Å². The summed E-state index contributed by atoms with van der Waals surface area (Å²) < 4.78 is 9.32. The Labute approximate surface area is 105 Å². The van der Waals surface area contributed by atoms with E-state index in [-0.39, 0.29) is 6.54 Å². The summed E-state index contributed by atoms with van der Waals surface area (Å²) in [4.78, 5) is 33.0. The Hall–Kier alpha value is -1.83. The van der Waals surface area contributed by atoms with Crippen LogP contribution < -0.4 is 10.6 Å². The van der Waals surface area contributed by atoms with Crippen molar-refractivity contribution in [3.63, 3.8) is 0 Å². The summed E-state index contributed by atoms with van der Waals surface area (Å²) in [7, 11) is 1.14. The van der Waals surface area contributed by atoms with E-state index in [2.05, 4.69) is 15.4 Å². The Kier molecular flexibility index (Phi) is 8.29. The van der Waals surface area contributed by atoms with Crippen LogP contribution in [0.25, 0.3) is 0 Å². The summed E-state index contributed by atoms with van der Waals surface area (Å²) in [5.74, 6) is -2.02. The van der Waals surface area contributed by atoms with Crippen molar-refractivity contribution in [2.45, 2.75) is 19.4 Å². The summed E-state index contributed by atoms with van der Waals surface area (Å²) in [5.41, 5.74) is 0. The van der Waals surface area contributed by atoms with Crippen LogP contribution in [0.5, 0.6) is 0 Å². The van der Waals surface area contributed by atoms with Crippen LogP contribution in [0.3, 0.4) is 0 Å². The number of amides is 2. The molecule has 104 valence electrons. The molecule has 0 saturated carbocycles. The predicted octanol–water partition coefficient (Wildman–Crippen LogP) is -0.662. The van der Waals surface area contributed by atoms with Crippen LogP contribution in [0.1, 0.15) is 13.3 Å². The third kappa shape index (κ3) is 7.44. The minimum absolute atomic E-state index is 0.254. The molecule has 8 nitrogen and oxygen atoms in total. The van der Waals surface area contributed by atoms with Gasteiger partial charge >= 0.3 is 18.0 Å². The smallest absolute Gasteiger partial charge is 0.326 e. The average molecular weight is 262 g/mol. The molecule has 8 heteroatoms. The second kappa shape index (κ2) is 9.23. The number of methoxy groups -OCH3 is 1. The van der Waals surface area contributed by atoms with Gasteiger partial charge in [-0.3, -0.25) is 4.79 Å². The molecule has 1 atom stereocenters. The van der Waals surface area contributed by atoms with Gasteiger partial charge in [0.05, 0.1) is 20.1 Å². The fourth-order valence-corrected chi connectivity index (χ4v) is 1.04. The fraction of sp³-hybridized carbons (Fsp3) is 0.700. The Morgan fingerprint density at radius 3 is 2.50 bits per heavy atom. The van der Waals surface area contributed by atoms with Gasteiger partial charge in [-0.1, -0.05) is 0 Å². The quantitative estimate of drug-likeness (QED) is 0.395. The first-order valence-corrected chi connectivity index (χ1v) is 5.43. The number of carboxylic acid groups (broad SMARTS) is 1. The lowest BCUT2D eigenvalue weighted by atomic mass is 10.2. The fourth-order valence-electron chi connectivity index (χ4n) is 1.04. The Bertz CT molecular complexity index is 294. The second-order valence-corrected chi connectivity index (χ2v) is 3.27. The van der Waals surface area contributed by atoms with Gasteiger partial charge in [0.2, 0.25) is 0 Å². The highest BCUT2D eigenvalue weighted by Gasteiger charge is 2.23. The molecule has 0 fully saturated rings. The summed E-state index contributed by atoms with van der Waals surface area (Å²) in [5, 5.41) is 13.4. The minimum atomic E-state index is -1.32. The molecule has 3 N–H and O–H groups in total. The minimum Gasteiger partial charge on any atom is -0.480 e. The number of nitrogens with one attached hydrogen (secondary N) is 2. The molecule has 0 spiro atoms. The summed E-state index contributed by atoms with van der Waals surface area (Å²) in [6.45, 7) is 2.93. The average Bonchev–Trinajstić information content (AvgIpc) is 2.33. The van der Waals surface area contributed by atoms with Crippen molar-refractivity contribution in [1.29, 1.82) is 0 Å². The molecule has 0 aliphatic rings. The molecule has 18 heavy (non-hydrogen) atoms. The zero-order chi connectivity index (χ0) is 14.0. The van der Waals surface area contributed by atoms with Gasteiger partial charge in [-0.2, -0.15) is 0 Å². The van der Waals surface area contributed by atoms with Crippen LogP contribution in [0.2, 0.25) is 0 Å². The SMILES string of the molecule is CCOCCNC(=O)N[C@@H](CC(=O)OC)C(=O)O. The monoisotopic (exact) mass is 262 g/mol. The van der Waals surface area contributed by atoms with E-state index in [1.54, 1.807) is 0 Å². The van der Waals surface area contributed by atoms with Crippen molar-refractivity contribution >= 4 is 18.0 Å². The van der Waals surface area contributed by atoms with E-state index in [9.17, 15) is 14.4 Å². The third-order valence-electron chi connectivity index (χ3n) is 1.94. The maximum Gasteiger partial charge on any atom is 0.326 e. The first-order chi connectivity index (χ1) is 8.51. The molecule has 0 radical (unpaired) electrons. The van der Waals surface area contributed by atoms with Crippen LogP contribution in [0.4, 0.5) is 4.79 Å². The van der Waals surface area contributed by atoms with Crippen LogP contribution in [-0.2, 0) is 19.1 Å². The van der Waals surface area contributed by atoms with Gasteiger partial charge in [-0.05, 0) is 6.92 Å². The molecular formula is C10H18N2O6. The highest BCUT2D eigenvalue weighted by atomic mass is 16.5. The van der Waals surface area contributed by atoms with Crippen molar-refractivity contribution < 1.29 is 29.0 Å². The lowest BCUT2D eigenvalue weighted by Gasteiger charge is -2.14. The van der Waals surface area contributed by atoms with Crippen molar-refractivity contribution in [3.8, 4) is 0 Å². The number of ether oxygens (including phenoxy) is 2. The highest BCUT2D eigenvalue weighted by molar-refractivity contribution is 5.86. The Morgan fingerprint density at radius 2 is 2.00 bits per heavy atom. The normalized spacial score (nSPS) is 11.4. The zero-order valence-electron chi connectivity index (χ0n) is 10.4. The molecule has 0 aromatic rings. The van der Waals surface area contributed by atoms with Crippen LogP contribution >= 0.6 is 0 Å². The number of rotatable bonds is 8. The molecule has 0 aromatic heterocycles. The molecule has 0 aliphatic carbocycles. The molecular weight excluding hydrogens is 244 g/mol. The molecule has 0 rings (SSSR count). The molecule has 0 bridgehead atoms. The maximum absolute atomic E-state index is 11.3. The van der Waals surface area contributed by atoms with Gasteiger partial charge in [0.1, 0.15) is 6.04 Å². The molecule has 0 unspecified atom stereocenters. The lowest BCUT2D eigenvalue weighted by Crippen LogP contribution is -2.47. The summed E-state index contributed by atoms with van der Waals surface area (Å²) in [6, 6.07) is -1.99. The van der Waals surface area contributed by atoms with E-state index >= 15 is 0 Å². The van der Waals surface area contributed by atoms with Gasteiger partial charge < -0.3 is 25.2 Å². The summed E-state index contributed by atoms with van der Waals surface area (Å²) >= 11 is 0. The number of aliphatic carboxylic acids is 1. The number of carbonyl (C=O) groups excluding carboxylic acids is 2. The molecule has 0 saturated heterocycles. The van der Waals surface area contributed by atoms with Crippen LogP contribution in [-0.4, -0.2) is 56.0 Å². The van der Waals surface area contributed by atoms with Crippen molar-refractivity contribution in [2.24, 2.45) is 0 Å². The van der Waals surface area contributed by atoms with Crippen molar-refractivity contribution in [3.05, 3.63) is 0 Å². The number of hydrogen-bond acceptors (Lipinski definition) is 5. The van der Waals surface area contributed by atoms with E-state index in [0.29, 0.717) is 13.2 Å². The topological polar surface area (TPSA) is 114 Å². The number of carbonyl (C=O) groups is 3. The van der Waals surface area contributed by atoms with E-state index < -0.39 is 30.4 Å². The van der Waals surface area contributed by atoms with Crippen LogP contribution in [0.15, 0.2) is 0 Å². The molecule has 0 aromatic carbocycles. The third-order valence-corrected chi connectivity index (χ3v) is 1.94.